The van der Waals surface area contributed by atoms with E-state index in [0.29, 0.717) is 5.89 Å². The minimum absolute atomic E-state index is 0.0731. The fourth-order valence-corrected chi connectivity index (χ4v) is 5.16. The second-order valence-electron chi connectivity index (χ2n) is 11.1. The van der Waals surface area contributed by atoms with Gasteiger partial charge in [-0.3, -0.25) is 9.69 Å². The third-order valence-electron chi connectivity index (χ3n) is 7.77. The lowest BCUT2D eigenvalue weighted by molar-refractivity contribution is -0.120. The molecule has 3 aromatic rings. The van der Waals surface area contributed by atoms with Crippen LogP contribution in [0.15, 0.2) is 46.9 Å². The number of carbonyl (C=O) groups is 2. The highest BCUT2D eigenvalue weighted by Gasteiger charge is 2.24. The maximum Gasteiger partial charge on any atom is 0.326 e. The number of hydrogen-bond donors (Lipinski definition) is 2. The largest absolute Gasteiger partial charge is 0.441 e. The first kappa shape index (κ1) is 29.4. The van der Waals surface area contributed by atoms with Crippen molar-refractivity contribution in [3.63, 3.8) is 0 Å². The standard InChI is InChI=1S/C15H18N2O2.C13H16N2O.C5H10/c1-10-16-13-9-12(7-8-14(13)19-10)17-15(18)11-5-3-2-4-6-11;1-4-5-12-10-8-9(2)6-7-11(10)14-13(16)15(12)3;1-2-5-3-4-5/h7-9,11H,2-6H2,1H3,(H,17,18);5-8H,4H2,1-3H3,(H,14,16);5H,2-4H2,1H3. The average Bonchev–Trinajstić information content (AvgIpc) is 3.72. The van der Waals surface area contributed by atoms with Crippen molar-refractivity contribution in [2.45, 2.75) is 85.5 Å². The molecule has 7 heteroatoms. The van der Waals surface area contributed by atoms with Crippen molar-refractivity contribution in [1.82, 2.24) is 9.88 Å². The zero-order chi connectivity index (χ0) is 28.6. The van der Waals surface area contributed by atoms with Crippen LogP contribution in [0.2, 0.25) is 0 Å². The molecule has 2 aromatic carbocycles. The molecule has 0 spiro atoms. The van der Waals surface area contributed by atoms with Gasteiger partial charge in [-0.2, -0.15) is 0 Å². The first-order chi connectivity index (χ1) is 19.3. The van der Waals surface area contributed by atoms with Gasteiger partial charge >= 0.3 is 6.03 Å². The number of anilines is 2. The van der Waals surface area contributed by atoms with Gasteiger partial charge in [-0.25, -0.2) is 9.78 Å². The molecule has 0 bridgehead atoms. The van der Waals surface area contributed by atoms with E-state index in [0.717, 1.165) is 58.9 Å². The lowest BCUT2D eigenvalue weighted by atomic mass is 9.88. The van der Waals surface area contributed by atoms with Crippen LogP contribution in [-0.4, -0.2) is 28.9 Å². The highest BCUT2D eigenvalue weighted by Crippen LogP contribution is 2.32. The predicted octanol–water partition coefficient (Wildman–Crippen LogP) is 8.68. The zero-order valence-corrected chi connectivity index (χ0v) is 24.7. The fraction of sp³-hybridized carbons (Fsp3) is 0.485. The van der Waals surface area contributed by atoms with Crippen molar-refractivity contribution >= 4 is 40.1 Å². The van der Waals surface area contributed by atoms with Crippen LogP contribution in [0.5, 0.6) is 0 Å². The summed E-state index contributed by atoms with van der Waals surface area (Å²) in [4.78, 5) is 29.8. The van der Waals surface area contributed by atoms with Crippen molar-refractivity contribution in [1.29, 1.82) is 0 Å². The van der Waals surface area contributed by atoms with Crippen LogP contribution in [0.4, 0.5) is 16.2 Å². The third kappa shape index (κ3) is 7.74. The van der Waals surface area contributed by atoms with Gasteiger partial charge in [-0.05, 0) is 62.4 Å². The molecule has 2 heterocycles. The number of benzene rings is 2. The van der Waals surface area contributed by atoms with E-state index in [4.69, 9.17) is 4.42 Å². The second-order valence-corrected chi connectivity index (χ2v) is 11.1. The molecule has 6 rings (SSSR count). The molecule has 0 atom stereocenters. The van der Waals surface area contributed by atoms with E-state index in [1.807, 2.05) is 37.3 Å². The molecule has 1 aliphatic heterocycles. The minimum atomic E-state index is -0.0731. The summed E-state index contributed by atoms with van der Waals surface area (Å²) in [5.41, 5.74) is 6.54. The number of allylic oxidation sites excluding steroid dienone is 1. The number of aromatic nitrogens is 1. The molecule has 2 fully saturated rings. The van der Waals surface area contributed by atoms with E-state index in [1.165, 1.54) is 44.1 Å². The van der Waals surface area contributed by atoms with Crippen molar-refractivity contribution in [3.05, 3.63) is 59.5 Å². The fourth-order valence-electron chi connectivity index (χ4n) is 5.16. The van der Waals surface area contributed by atoms with Crippen molar-refractivity contribution in [3.8, 4) is 0 Å². The van der Waals surface area contributed by atoms with Gasteiger partial charge in [-0.1, -0.05) is 70.1 Å². The SMILES string of the molecule is CCC1CC1.CCC=C1c2cc(C)ccc2NC(=O)N1C.Cc1nc2cc(NC(=O)C3CCCCC3)ccc2o1. The quantitative estimate of drug-likeness (QED) is 0.344. The Morgan fingerprint density at radius 2 is 1.82 bits per heavy atom. The number of nitrogens with one attached hydrogen (secondary N) is 2. The molecule has 214 valence electrons. The van der Waals surface area contributed by atoms with Gasteiger partial charge < -0.3 is 15.1 Å². The summed E-state index contributed by atoms with van der Waals surface area (Å²) in [6, 6.07) is 11.6. The minimum Gasteiger partial charge on any atom is -0.441 e. The highest BCUT2D eigenvalue weighted by molar-refractivity contribution is 6.02. The lowest BCUT2D eigenvalue weighted by Gasteiger charge is -2.29. The molecule has 0 radical (unpaired) electrons. The van der Waals surface area contributed by atoms with Gasteiger partial charge in [0.15, 0.2) is 11.5 Å². The van der Waals surface area contributed by atoms with Crippen LogP contribution < -0.4 is 10.6 Å². The topological polar surface area (TPSA) is 87.5 Å². The summed E-state index contributed by atoms with van der Waals surface area (Å²) < 4.78 is 5.42. The van der Waals surface area contributed by atoms with E-state index >= 15 is 0 Å². The summed E-state index contributed by atoms with van der Waals surface area (Å²) >= 11 is 0. The third-order valence-corrected chi connectivity index (χ3v) is 7.77. The van der Waals surface area contributed by atoms with E-state index in [-0.39, 0.29) is 17.9 Å². The Balaban J connectivity index is 0.000000159. The Morgan fingerprint density at radius 1 is 1.07 bits per heavy atom. The van der Waals surface area contributed by atoms with E-state index < -0.39 is 0 Å². The number of rotatable bonds is 4. The molecule has 40 heavy (non-hydrogen) atoms. The highest BCUT2D eigenvalue weighted by atomic mass is 16.3. The molecule has 2 N–H and O–H groups in total. The molecule has 7 nitrogen and oxygen atoms in total. The Labute approximate surface area is 238 Å². The number of fused-ring (bicyclic) bond motifs is 2. The monoisotopic (exact) mass is 544 g/mol. The van der Waals surface area contributed by atoms with Crippen molar-refractivity contribution in [2.24, 2.45) is 11.8 Å². The van der Waals surface area contributed by atoms with Crippen LogP contribution in [0, 0.1) is 25.7 Å². The zero-order valence-electron chi connectivity index (χ0n) is 24.7. The van der Waals surface area contributed by atoms with Gasteiger partial charge in [0, 0.05) is 31.1 Å². The molecule has 3 amide bonds. The van der Waals surface area contributed by atoms with Gasteiger partial charge in [0.2, 0.25) is 5.91 Å². The van der Waals surface area contributed by atoms with Gasteiger partial charge in [-0.15, -0.1) is 0 Å². The first-order valence-corrected chi connectivity index (χ1v) is 14.8. The van der Waals surface area contributed by atoms with Crippen LogP contribution >= 0.6 is 0 Å². The Kier molecular flexibility index (Phi) is 10.0. The van der Waals surface area contributed by atoms with Crippen LogP contribution in [0.3, 0.4) is 0 Å². The van der Waals surface area contributed by atoms with Gasteiger partial charge in [0.1, 0.15) is 5.52 Å². The summed E-state index contributed by atoms with van der Waals surface area (Å²) in [6.45, 7) is 8.21. The normalized spacial score (nSPS) is 17.8. The molecule has 0 saturated heterocycles. The van der Waals surface area contributed by atoms with Crippen molar-refractivity contribution < 1.29 is 14.0 Å². The summed E-state index contributed by atoms with van der Waals surface area (Å²) in [6.07, 6.45) is 13.0. The average molecular weight is 545 g/mol. The first-order valence-electron chi connectivity index (χ1n) is 14.8. The molecular weight excluding hydrogens is 500 g/mol. The summed E-state index contributed by atoms with van der Waals surface area (Å²) in [5, 5.41) is 5.86. The number of carbonyl (C=O) groups excluding carboxylic acids is 2. The predicted molar refractivity (Wildman–Crippen MR) is 163 cm³/mol. The molecule has 3 aliphatic rings. The van der Waals surface area contributed by atoms with Crippen LogP contribution in [0.1, 0.15) is 88.7 Å². The molecular formula is C33H44N4O3. The van der Waals surface area contributed by atoms with E-state index in [9.17, 15) is 9.59 Å². The van der Waals surface area contributed by atoms with Crippen LogP contribution in [-0.2, 0) is 4.79 Å². The maximum absolute atomic E-state index is 12.2. The molecule has 2 saturated carbocycles. The summed E-state index contributed by atoms with van der Waals surface area (Å²) in [5.74, 6) is 2.09. The second kappa shape index (κ2) is 13.6. The lowest BCUT2D eigenvalue weighted by Crippen LogP contribution is -2.34. The number of urea groups is 1. The number of aryl methyl sites for hydroxylation is 2. The number of nitrogens with zero attached hydrogens (tertiary/aromatic N) is 2. The Hall–Kier alpha value is -3.61. The summed E-state index contributed by atoms with van der Waals surface area (Å²) in [7, 11) is 1.79. The number of oxazole rings is 1. The molecule has 2 aliphatic carbocycles. The molecule has 0 unspecified atom stereocenters. The van der Waals surface area contributed by atoms with E-state index in [2.05, 4.69) is 48.5 Å². The number of hydrogen-bond acceptors (Lipinski definition) is 4. The van der Waals surface area contributed by atoms with Crippen LogP contribution in [0.25, 0.3) is 16.8 Å². The molecule has 1 aromatic heterocycles. The van der Waals surface area contributed by atoms with Gasteiger partial charge in [0.25, 0.3) is 0 Å². The van der Waals surface area contributed by atoms with E-state index in [1.54, 1.807) is 11.9 Å². The number of amides is 3. The Bertz CT molecular complexity index is 1350. The van der Waals surface area contributed by atoms with Gasteiger partial charge in [0.05, 0.1) is 11.4 Å². The Morgan fingerprint density at radius 3 is 2.48 bits per heavy atom. The smallest absolute Gasteiger partial charge is 0.326 e. The maximum atomic E-state index is 12.2. The van der Waals surface area contributed by atoms with Crippen molar-refractivity contribution in [2.75, 3.05) is 17.7 Å².